The van der Waals surface area contributed by atoms with Gasteiger partial charge in [0.1, 0.15) is 0 Å². The van der Waals surface area contributed by atoms with Gasteiger partial charge >= 0.3 is 0 Å². The van der Waals surface area contributed by atoms with Crippen LogP contribution in [0.15, 0.2) is 33.3 Å². The van der Waals surface area contributed by atoms with Gasteiger partial charge in [0.25, 0.3) is 0 Å². The zero-order valence-corrected chi connectivity index (χ0v) is 13.1. The first kappa shape index (κ1) is 12.2. The summed E-state index contributed by atoms with van der Waals surface area (Å²) in [4.78, 5) is 4.55. The predicted molar refractivity (Wildman–Crippen MR) is 80.3 cm³/mol. The summed E-state index contributed by atoms with van der Waals surface area (Å²) in [6.45, 7) is 2.01. The molecule has 3 nitrogen and oxygen atoms in total. The van der Waals surface area contributed by atoms with Crippen molar-refractivity contribution in [3.63, 3.8) is 0 Å². The van der Waals surface area contributed by atoms with E-state index in [0.717, 1.165) is 26.3 Å². The van der Waals surface area contributed by atoms with Crippen molar-refractivity contribution in [1.82, 2.24) is 9.55 Å². The summed E-state index contributed by atoms with van der Waals surface area (Å²) >= 11 is 7.11. The second-order valence-corrected chi connectivity index (χ2v) is 6.36. The molecule has 1 aliphatic rings. The Morgan fingerprint density at radius 3 is 2.83 bits per heavy atom. The first-order chi connectivity index (χ1) is 8.63. The third kappa shape index (κ3) is 2.47. The van der Waals surface area contributed by atoms with Gasteiger partial charge in [0.15, 0.2) is 0 Å². The van der Waals surface area contributed by atoms with E-state index in [-0.39, 0.29) is 0 Å². The van der Waals surface area contributed by atoms with Gasteiger partial charge in [-0.15, -0.1) is 0 Å². The molecule has 0 unspecified atom stereocenters. The van der Waals surface area contributed by atoms with Crippen molar-refractivity contribution >= 4 is 37.8 Å². The van der Waals surface area contributed by atoms with E-state index < -0.39 is 0 Å². The SMILES string of the molecule is Cc1cn(-c2cc(Br)ccc2Br)c(NC2CC2)n1. The number of anilines is 1. The maximum atomic E-state index is 4.55. The zero-order valence-electron chi connectivity index (χ0n) is 9.95. The fraction of sp³-hybridized carbons (Fsp3) is 0.308. The second-order valence-electron chi connectivity index (χ2n) is 4.59. The van der Waals surface area contributed by atoms with Crippen LogP contribution in [0.2, 0.25) is 0 Å². The molecule has 2 aromatic rings. The number of aromatic nitrogens is 2. The van der Waals surface area contributed by atoms with E-state index in [4.69, 9.17) is 0 Å². The average molecular weight is 371 g/mol. The Bertz CT molecular complexity index is 588. The molecule has 0 atom stereocenters. The third-order valence-electron chi connectivity index (χ3n) is 2.90. The predicted octanol–water partition coefficient (Wildman–Crippen LogP) is 4.28. The van der Waals surface area contributed by atoms with Gasteiger partial charge < -0.3 is 5.32 Å². The fourth-order valence-corrected chi connectivity index (χ4v) is 2.65. The van der Waals surface area contributed by atoms with E-state index in [0.29, 0.717) is 6.04 Å². The molecule has 1 aromatic carbocycles. The molecular formula is C13H13Br2N3. The average Bonchev–Trinajstić information content (AvgIpc) is 3.05. The van der Waals surface area contributed by atoms with Gasteiger partial charge in [-0.1, -0.05) is 15.9 Å². The van der Waals surface area contributed by atoms with Gasteiger partial charge in [-0.25, -0.2) is 4.98 Å². The van der Waals surface area contributed by atoms with E-state index in [1.165, 1.54) is 12.8 Å². The molecule has 0 radical (unpaired) electrons. The lowest BCUT2D eigenvalue weighted by Gasteiger charge is -2.11. The lowest BCUT2D eigenvalue weighted by Crippen LogP contribution is -2.08. The Labute approximate surface area is 123 Å². The van der Waals surface area contributed by atoms with Gasteiger partial charge in [0.05, 0.1) is 11.4 Å². The Morgan fingerprint density at radius 2 is 2.11 bits per heavy atom. The van der Waals surface area contributed by atoms with Crippen molar-refractivity contribution in [2.75, 3.05) is 5.32 Å². The smallest absolute Gasteiger partial charge is 0.207 e. The largest absolute Gasteiger partial charge is 0.353 e. The highest BCUT2D eigenvalue weighted by molar-refractivity contribution is 9.11. The summed E-state index contributed by atoms with van der Waals surface area (Å²) in [5.41, 5.74) is 2.11. The van der Waals surface area contributed by atoms with Crippen molar-refractivity contribution in [2.45, 2.75) is 25.8 Å². The van der Waals surface area contributed by atoms with Crippen LogP contribution < -0.4 is 5.32 Å². The minimum Gasteiger partial charge on any atom is -0.353 e. The highest BCUT2D eigenvalue weighted by Gasteiger charge is 2.23. The molecule has 0 saturated heterocycles. The van der Waals surface area contributed by atoms with Gasteiger partial charge in [0, 0.05) is 21.2 Å². The first-order valence-electron chi connectivity index (χ1n) is 5.91. The van der Waals surface area contributed by atoms with Crippen molar-refractivity contribution < 1.29 is 0 Å². The summed E-state index contributed by atoms with van der Waals surface area (Å²) in [7, 11) is 0. The van der Waals surface area contributed by atoms with Crippen LogP contribution in [0.5, 0.6) is 0 Å². The fourth-order valence-electron chi connectivity index (χ4n) is 1.86. The van der Waals surface area contributed by atoms with E-state index in [1.807, 2.05) is 19.1 Å². The number of hydrogen-bond donors (Lipinski definition) is 1. The number of rotatable bonds is 3. The summed E-state index contributed by atoms with van der Waals surface area (Å²) in [6, 6.07) is 6.74. The maximum absolute atomic E-state index is 4.55. The van der Waals surface area contributed by atoms with Crippen LogP contribution in [-0.4, -0.2) is 15.6 Å². The van der Waals surface area contributed by atoms with E-state index >= 15 is 0 Å². The molecular weight excluding hydrogens is 358 g/mol. The molecule has 1 saturated carbocycles. The molecule has 1 aromatic heterocycles. The summed E-state index contributed by atoms with van der Waals surface area (Å²) in [5.74, 6) is 0.925. The van der Waals surface area contributed by atoms with Crippen molar-refractivity contribution in [2.24, 2.45) is 0 Å². The van der Waals surface area contributed by atoms with E-state index in [2.05, 4.69) is 59.0 Å². The number of aryl methyl sites for hydroxylation is 1. The Hall–Kier alpha value is -0.810. The Morgan fingerprint density at radius 1 is 1.33 bits per heavy atom. The lowest BCUT2D eigenvalue weighted by atomic mass is 10.3. The number of nitrogens with zero attached hydrogens (tertiary/aromatic N) is 2. The summed E-state index contributed by atoms with van der Waals surface area (Å²) in [6.07, 6.45) is 4.54. The second kappa shape index (κ2) is 4.70. The van der Waals surface area contributed by atoms with Crippen LogP contribution in [0.4, 0.5) is 5.95 Å². The highest BCUT2D eigenvalue weighted by atomic mass is 79.9. The number of imidazole rings is 1. The minimum atomic E-state index is 0.594. The van der Waals surface area contributed by atoms with E-state index in [9.17, 15) is 0 Å². The zero-order chi connectivity index (χ0) is 12.7. The molecule has 0 bridgehead atoms. The normalized spacial score (nSPS) is 14.8. The van der Waals surface area contributed by atoms with Gasteiger partial charge in [0.2, 0.25) is 5.95 Å². The highest BCUT2D eigenvalue weighted by Crippen LogP contribution is 2.30. The quantitative estimate of drug-likeness (QED) is 0.873. The number of benzene rings is 1. The van der Waals surface area contributed by atoms with E-state index in [1.54, 1.807) is 0 Å². The van der Waals surface area contributed by atoms with Crippen LogP contribution in [0, 0.1) is 6.92 Å². The molecule has 94 valence electrons. The van der Waals surface area contributed by atoms with Gasteiger partial charge in [-0.05, 0) is 53.9 Å². The minimum absolute atomic E-state index is 0.594. The molecule has 0 aliphatic heterocycles. The summed E-state index contributed by atoms with van der Waals surface area (Å²) in [5, 5.41) is 3.47. The molecule has 3 rings (SSSR count). The van der Waals surface area contributed by atoms with Crippen LogP contribution >= 0.6 is 31.9 Å². The number of nitrogens with one attached hydrogen (secondary N) is 1. The molecule has 1 aliphatic carbocycles. The standard InChI is InChI=1S/C13H13Br2N3/c1-8-7-18(13(16-8)17-10-3-4-10)12-6-9(14)2-5-11(12)15/h2,5-7,10H,3-4H2,1H3,(H,16,17). The van der Waals surface area contributed by atoms with Crippen LogP contribution in [0.1, 0.15) is 18.5 Å². The van der Waals surface area contributed by atoms with Crippen LogP contribution in [-0.2, 0) is 0 Å². The molecule has 1 heterocycles. The number of hydrogen-bond acceptors (Lipinski definition) is 2. The van der Waals surface area contributed by atoms with Gasteiger partial charge in [-0.2, -0.15) is 0 Å². The molecule has 0 amide bonds. The molecule has 1 fully saturated rings. The Kier molecular flexibility index (Phi) is 3.20. The molecule has 1 N–H and O–H groups in total. The summed E-state index contributed by atoms with van der Waals surface area (Å²) < 4.78 is 4.22. The van der Waals surface area contributed by atoms with Crippen molar-refractivity contribution in [3.05, 3.63) is 39.0 Å². The van der Waals surface area contributed by atoms with Crippen LogP contribution in [0.25, 0.3) is 5.69 Å². The molecule has 0 spiro atoms. The first-order valence-corrected chi connectivity index (χ1v) is 7.50. The molecule has 5 heteroatoms. The number of halogens is 2. The molecule has 18 heavy (non-hydrogen) atoms. The Balaban J connectivity index is 2.06. The monoisotopic (exact) mass is 369 g/mol. The lowest BCUT2D eigenvalue weighted by molar-refractivity contribution is 0.997. The van der Waals surface area contributed by atoms with Crippen LogP contribution in [0.3, 0.4) is 0 Å². The maximum Gasteiger partial charge on any atom is 0.207 e. The van der Waals surface area contributed by atoms with Crippen molar-refractivity contribution in [1.29, 1.82) is 0 Å². The van der Waals surface area contributed by atoms with Crippen molar-refractivity contribution in [3.8, 4) is 5.69 Å². The third-order valence-corrected chi connectivity index (χ3v) is 4.07. The topological polar surface area (TPSA) is 29.9 Å². The van der Waals surface area contributed by atoms with Gasteiger partial charge in [-0.3, -0.25) is 4.57 Å².